The highest BCUT2D eigenvalue weighted by Gasteiger charge is 2.24. The number of benzene rings is 2. The van der Waals surface area contributed by atoms with Gasteiger partial charge in [-0.25, -0.2) is 5.43 Å². The number of carbonyl (C=O) groups excluding carboxylic acids is 2. The minimum absolute atomic E-state index is 0.117. The van der Waals surface area contributed by atoms with Gasteiger partial charge in [0.25, 0.3) is 11.8 Å². The number of ether oxygens (including phenoxy) is 2. The van der Waals surface area contributed by atoms with Gasteiger partial charge in [-0.1, -0.05) is 26.0 Å². The molecule has 0 spiro atoms. The molecule has 0 saturated carbocycles. The zero-order valence-electron chi connectivity index (χ0n) is 17.1. The molecule has 0 aliphatic rings. The van der Waals surface area contributed by atoms with E-state index in [1.807, 2.05) is 45.0 Å². The Bertz CT molecular complexity index is 847. The van der Waals surface area contributed by atoms with Crippen molar-refractivity contribution in [3.05, 3.63) is 59.7 Å². The molecule has 2 N–H and O–H groups in total. The SMILES string of the molecule is CCOc1cccc(C=NNC(=O)C(NC(=O)c2ccc(OC)cc2)C(C)C)c1. The van der Waals surface area contributed by atoms with E-state index < -0.39 is 6.04 Å². The van der Waals surface area contributed by atoms with Crippen molar-refractivity contribution in [2.45, 2.75) is 26.8 Å². The Morgan fingerprint density at radius 2 is 1.83 bits per heavy atom. The van der Waals surface area contributed by atoms with Gasteiger partial charge in [-0.05, 0) is 54.8 Å². The van der Waals surface area contributed by atoms with Crippen molar-refractivity contribution in [2.75, 3.05) is 13.7 Å². The molecule has 2 rings (SSSR count). The Balaban J connectivity index is 1.99. The van der Waals surface area contributed by atoms with Gasteiger partial charge in [0, 0.05) is 5.56 Å². The summed E-state index contributed by atoms with van der Waals surface area (Å²) < 4.78 is 10.5. The molecule has 0 saturated heterocycles. The first-order chi connectivity index (χ1) is 13.9. The van der Waals surface area contributed by atoms with Crippen LogP contribution >= 0.6 is 0 Å². The van der Waals surface area contributed by atoms with Crippen LogP contribution in [0.2, 0.25) is 0 Å². The number of hydrogen-bond donors (Lipinski definition) is 2. The monoisotopic (exact) mass is 397 g/mol. The number of methoxy groups -OCH3 is 1. The van der Waals surface area contributed by atoms with Gasteiger partial charge in [0.05, 0.1) is 19.9 Å². The molecule has 0 heterocycles. The van der Waals surface area contributed by atoms with E-state index in [1.54, 1.807) is 31.4 Å². The molecule has 0 bridgehead atoms. The maximum Gasteiger partial charge on any atom is 0.262 e. The Hall–Kier alpha value is -3.35. The first-order valence-corrected chi connectivity index (χ1v) is 9.45. The van der Waals surface area contributed by atoms with Crippen LogP contribution in [0.4, 0.5) is 0 Å². The number of amides is 2. The number of nitrogens with zero attached hydrogens (tertiary/aromatic N) is 1. The molecule has 2 amide bonds. The topological polar surface area (TPSA) is 89.0 Å². The first kappa shape index (κ1) is 21.9. The molecule has 0 aliphatic heterocycles. The molecular weight excluding hydrogens is 370 g/mol. The third-order valence-electron chi connectivity index (χ3n) is 4.15. The second kappa shape index (κ2) is 10.8. The van der Waals surface area contributed by atoms with E-state index in [2.05, 4.69) is 15.8 Å². The van der Waals surface area contributed by atoms with Gasteiger partial charge in [-0.3, -0.25) is 9.59 Å². The lowest BCUT2D eigenvalue weighted by atomic mass is 10.0. The molecule has 7 heteroatoms. The molecule has 0 radical (unpaired) electrons. The van der Waals surface area contributed by atoms with Crippen molar-refractivity contribution >= 4 is 18.0 Å². The van der Waals surface area contributed by atoms with Crippen molar-refractivity contribution in [1.82, 2.24) is 10.7 Å². The Morgan fingerprint density at radius 1 is 1.10 bits per heavy atom. The molecule has 1 unspecified atom stereocenters. The second-order valence-electron chi connectivity index (χ2n) is 6.66. The van der Waals surface area contributed by atoms with Crippen molar-refractivity contribution < 1.29 is 19.1 Å². The molecule has 2 aromatic carbocycles. The minimum Gasteiger partial charge on any atom is -0.497 e. The summed E-state index contributed by atoms with van der Waals surface area (Å²) in [5.41, 5.74) is 3.73. The summed E-state index contributed by atoms with van der Waals surface area (Å²) in [6, 6.07) is 13.3. The Labute approximate surface area is 171 Å². The highest BCUT2D eigenvalue weighted by molar-refractivity contribution is 5.97. The summed E-state index contributed by atoms with van der Waals surface area (Å²) in [4.78, 5) is 25.0. The molecule has 0 fully saturated rings. The van der Waals surface area contributed by atoms with Crippen LogP contribution in [0, 0.1) is 5.92 Å². The molecular formula is C22H27N3O4. The predicted molar refractivity (Wildman–Crippen MR) is 112 cm³/mol. The second-order valence-corrected chi connectivity index (χ2v) is 6.66. The number of hydrogen-bond acceptors (Lipinski definition) is 5. The van der Waals surface area contributed by atoms with Gasteiger partial charge in [-0.15, -0.1) is 0 Å². The summed E-state index contributed by atoms with van der Waals surface area (Å²) in [5.74, 6) is 0.541. The van der Waals surface area contributed by atoms with Crippen LogP contribution in [0.25, 0.3) is 0 Å². The van der Waals surface area contributed by atoms with Gasteiger partial charge in [-0.2, -0.15) is 5.10 Å². The largest absolute Gasteiger partial charge is 0.497 e. The van der Waals surface area contributed by atoms with E-state index in [4.69, 9.17) is 9.47 Å². The summed E-state index contributed by atoms with van der Waals surface area (Å²) in [6.45, 7) is 6.19. The number of rotatable bonds is 9. The zero-order chi connectivity index (χ0) is 21.2. The fourth-order valence-corrected chi connectivity index (χ4v) is 2.59. The number of carbonyl (C=O) groups is 2. The van der Waals surface area contributed by atoms with Gasteiger partial charge < -0.3 is 14.8 Å². The maximum atomic E-state index is 12.5. The first-order valence-electron chi connectivity index (χ1n) is 9.45. The fraction of sp³-hybridized carbons (Fsp3) is 0.318. The summed E-state index contributed by atoms with van der Waals surface area (Å²) >= 11 is 0. The zero-order valence-corrected chi connectivity index (χ0v) is 17.1. The van der Waals surface area contributed by atoms with Crippen LogP contribution in [-0.2, 0) is 4.79 Å². The Morgan fingerprint density at radius 3 is 2.45 bits per heavy atom. The van der Waals surface area contributed by atoms with Crippen LogP contribution < -0.4 is 20.2 Å². The molecule has 0 aromatic heterocycles. The molecule has 2 aromatic rings. The molecule has 29 heavy (non-hydrogen) atoms. The van der Waals surface area contributed by atoms with E-state index in [0.29, 0.717) is 17.9 Å². The normalized spacial score (nSPS) is 11.9. The number of hydrazone groups is 1. The van der Waals surface area contributed by atoms with Crippen molar-refractivity contribution in [3.63, 3.8) is 0 Å². The maximum absolute atomic E-state index is 12.5. The van der Waals surface area contributed by atoms with E-state index in [-0.39, 0.29) is 17.7 Å². The van der Waals surface area contributed by atoms with Crippen molar-refractivity contribution in [3.8, 4) is 11.5 Å². The lowest BCUT2D eigenvalue weighted by molar-refractivity contribution is -0.123. The van der Waals surface area contributed by atoms with Crippen molar-refractivity contribution in [2.24, 2.45) is 11.0 Å². The van der Waals surface area contributed by atoms with Gasteiger partial charge in [0.15, 0.2) is 0 Å². The van der Waals surface area contributed by atoms with E-state index in [0.717, 1.165) is 11.3 Å². The highest BCUT2D eigenvalue weighted by atomic mass is 16.5. The van der Waals surface area contributed by atoms with Gasteiger partial charge in [0.1, 0.15) is 17.5 Å². The van der Waals surface area contributed by atoms with Crippen LogP contribution in [0.5, 0.6) is 11.5 Å². The van der Waals surface area contributed by atoms with Crippen LogP contribution in [0.15, 0.2) is 53.6 Å². The third-order valence-corrected chi connectivity index (χ3v) is 4.15. The van der Waals surface area contributed by atoms with Gasteiger partial charge in [0.2, 0.25) is 0 Å². The summed E-state index contributed by atoms with van der Waals surface area (Å²) in [5, 5.41) is 6.76. The highest BCUT2D eigenvalue weighted by Crippen LogP contribution is 2.13. The average Bonchev–Trinajstić information content (AvgIpc) is 2.72. The summed E-state index contributed by atoms with van der Waals surface area (Å²) in [7, 11) is 1.56. The summed E-state index contributed by atoms with van der Waals surface area (Å²) in [6.07, 6.45) is 1.53. The lowest BCUT2D eigenvalue weighted by Crippen LogP contribution is -2.48. The third kappa shape index (κ3) is 6.64. The van der Waals surface area contributed by atoms with Crippen LogP contribution in [-0.4, -0.2) is 37.8 Å². The van der Waals surface area contributed by atoms with E-state index in [1.165, 1.54) is 6.21 Å². The fourth-order valence-electron chi connectivity index (χ4n) is 2.59. The molecule has 154 valence electrons. The lowest BCUT2D eigenvalue weighted by Gasteiger charge is -2.20. The van der Waals surface area contributed by atoms with E-state index in [9.17, 15) is 9.59 Å². The smallest absolute Gasteiger partial charge is 0.262 e. The molecule has 0 aliphatic carbocycles. The van der Waals surface area contributed by atoms with E-state index >= 15 is 0 Å². The standard InChI is InChI=1S/C22H27N3O4/c1-5-29-19-8-6-7-16(13-19)14-23-25-22(27)20(15(2)3)24-21(26)17-9-11-18(28-4)12-10-17/h6-15,20H,5H2,1-4H3,(H,24,26)(H,25,27). The minimum atomic E-state index is -0.725. The van der Waals surface area contributed by atoms with Crippen LogP contribution in [0.1, 0.15) is 36.7 Å². The van der Waals surface area contributed by atoms with Gasteiger partial charge >= 0.3 is 0 Å². The van der Waals surface area contributed by atoms with Crippen molar-refractivity contribution in [1.29, 1.82) is 0 Å². The average molecular weight is 397 g/mol. The quantitative estimate of drug-likeness (QED) is 0.503. The molecule has 1 atom stereocenters. The molecule has 7 nitrogen and oxygen atoms in total. The predicted octanol–water partition coefficient (Wildman–Crippen LogP) is 3.00. The Kier molecular flexibility index (Phi) is 8.21. The van der Waals surface area contributed by atoms with Crippen LogP contribution in [0.3, 0.4) is 0 Å². The number of nitrogens with one attached hydrogen (secondary N) is 2.